The third kappa shape index (κ3) is 5.56. The number of nitrogens with zero attached hydrogens (tertiary/aromatic N) is 5. The van der Waals surface area contributed by atoms with Crippen LogP contribution in [0.25, 0.3) is 136 Å². The highest BCUT2D eigenvalue weighted by Gasteiger charge is 2.20. The van der Waals surface area contributed by atoms with Gasteiger partial charge in [-0.3, -0.25) is 0 Å². The molecule has 68 heavy (non-hydrogen) atoms. The molecule has 0 unspecified atom stereocenters. The largest absolute Gasteiger partial charge is 0.456 e. The Balaban J connectivity index is 1.03. The zero-order chi connectivity index (χ0) is 45.0. The number of aromatic nitrogens is 3. The van der Waals surface area contributed by atoms with Gasteiger partial charge in [-0.2, -0.15) is 0 Å². The zero-order valence-electron chi connectivity index (χ0n) is 36.4. The first kappa shape index (κ1) is 37.7. The van der Waals surface area contributed by atoms with Crippen LogP contribution in [0.15, 0.2) is 217 Å². The molecule has 0 saturated carbocycles. The summed E-state index contributed by atoms with van der Waals surface area (Å²) in [7, 11) is 0. The summed E-state index contributed by atoms with van der Waals surface area (Å²) in [6, 6.07) is 74.6. The number of hydrogen-bond acceptors (Lipinski definition) is 1. The molecular weight excluding hydrogens is 831 g/mol. The molecule has 0 aliphatic heterocycles. The van der Waals surface area contributed by atoms with Gasteiger partial charge < -0.3 is 18.1 Å². The van der Waals surface area contributed by atoms with Crippen molar-refractivity contribution in [3.63, 3.8) is 0 Å². The average molecular weight is 866 g/mol. The van der Waals surface area contributed by atoms with Crippen LogP contribution in [-0.4, -0.2) is 13.7 Å². The quantitative estimate of drug-likeness (QED) is 0.159. The van der Waals surface area contributed by atoms with E-state index in [0.29, 0.717) is 11.4 Å². The first-order chi connectivity index (χ1) is 33.6. The van der Waals surface area contributed by atoms with Crippen LogP contribution in [0, 0.1) is 13.1 Å². The van der Waals surface area contributed by atoms with Crippen LogP contribution in [0.2, 0.25) is 0 Å². The maximum atomic E-state index is 8.37. The van der Waals surface area contributed by atoms with Gasteiger partial charge in [0.1, 0.15) is 11.2 Å². The molecule has 6 heteroatoms. The minimum atomic E-state index is 0.525. The number of furan rings is 1. The van der Waals surface area contributed by atoms with Gasteiger partial charge in [-0.1, -0.05) is 109 Å². The Labute approximate surface area is 389 Å². The smallest absolute Gasteiger partial charge is 0.189 e. The molecule has 6 nitrogen and oxygen atoms in total. The van der Waals surface area contributed by atoms with E-state index in [1.165, 1.54) is 21.8 Å². The number of fused-ring (bicyclic) bond motifs is 12. The molecule has 0 saturated heterocycles. The summed E-state index contributed by atoms with van der Waals surface area (Å²) < 4.78 is 13.3. The second-order valence-electron chi connectivity index (χ2n) is 17.5. The number of hydrogen-bond donors (Lipinski definition) is 0. The first-order valence-electron chi connectivity index (χ1n) is 22.6. The van der Waals surface area contributed by atoms with E-state index >= 15 is 0 Å². The summed E-state index contributed by atoms with van der Waals surface area (Å²) in [5, 5.41) is 9.05. The molecule has 14 aromatic rings. The van der Waals surface area contributed by atoms with Crippen LogP contribution in [-0.2, 0) is 0 Å². The highest BCUT2D eigenvalue weighted by molar-refractivity contribution is 6.13. The molecule has 0 bridgehead atoms. The van der Waals surface area contributed by atoms with E-state index in [1.807, 2.05) is 54.6 Å². The van der Waals surface area contributed by atoms with E-state index < -0.39 is 0 Å². The predicted octanol–water partition coefficient (Wildman–Crippen LogP) is 17.3. The fourth-order valence-corrected chi connectivity index (χ4v) is 10.8. The Hall–Kier alpha value is -9.62. The molecule has 4 aromatic heterocycles. The van der Waals surface area contributed by atoms with Crippen LogP contribution in [0.1, 0.15) is 0 Å². The van der Waals surface area contributed by atoms with Crippen LogP contribution in [0.4, 0.5) is 11.4 Å². The minimum Gasteiger partial charge on any atom is -0.456 e. The van der Waals surface area contributed by atoms with Crippen molar-refractivity contribution in [2.75, 3.05) is 0 Å². The summed E-state index contributed by atoms with van der Waals surface area (Å²) >= 11 is 0. The standard InChI is InChI=1S/C62H35N5O/c1-63-42-24-26-51-49-15-5-10-20-57(49)67(60(51)36-42)46-33-41(30-43(35-46)64-2)40-29-39(38-23-28-62-54(34-38)52-17-7-12-22-61(52)68-62)31-45(32-40)66-58-21-11-6-16-50(58)53-37-44(25-27-59(53)66)65-55-18-8-3-13-47(55)48-14-4-9-19-56(48)65/h3-37H. The van der Waals surface area contributed by atoms with Crippen molar-refractivity contribution in [1.29, 1.82) is 0 Å². The molecule has 14 rings (SSSR count). The molecule has 4 heterocycles. The summed E-state index contributed by atoms with van der Waals surface area (Å²) in [4.78, 5) is 7.84. The van der Waals surface area contributed by atoms with Gasteiger partial charge in [-0.25, -0.2) is 9.69 Å². The molecular formula is C62H35N5O. The topological polar surface area (TPSA) is 36.6 Å². The number of rotatable bonds is 5. The van der Waals surface area contributed by atoms with Crippen LogP contribution in [0.3, 0.4) is 0 Å². The lowest BCUT2D eigenvalue weighted by atomic mass is 9.96. The minimum absolute atomic E-state index is 0.525. The normalized spacial score (nSPS) is 11.8. The average Bonchev–Trinajstić information content (AvgIpc) is 4.14. The van der Waals surface area contributed by atoms with Crippen molar-refractivity contribution >= 4 is 98.7 Å². The maximum Gasteiger partial charge on any atom is 0.189 e. The van der Waals surface area contributed by atoms with Gasteiger partial charge in [-0.05, 0) is 125 Å². The van der Waals surface area contributed by atoms with Gasteiger partial charge in [0.15, 0.2) is 11.4 Å². The fraction of sp³-hybridized carbons (Fsp3) is 0. The zero-order valence-corrected chi connectivity index (χ0v) is 36.4. The van der Waals surface area contributed by atoms with Gasteiger partial charge >= 0.3 is 0 Å². The lowest BCUT2D eigenvalue weighted by Crippen LogP contribution is -1.98. The molecule has 10 aromatic carbocycles. The SMILES string of the molecule is [C-]#[N+]c1cc(-c2cc(-c3ccc4oc5ccccc5c4c3)cc(-n3c4ccccc4c4cc(-n5c6ccccc6c6ccccc65)ccc43)c2)cc(-n2c3ccccc3c3ccc([N+]#[C-])cc32)c1. The number of para-hydroxylation sites is 5. The van der Waals surface area contributed by atoms with E-state index in [0.717, 1.165) is 105 Å². The Morgan fingerprint density at radius 3 is 1.41 bits per heavy atom. The van der Waals surface area contributed by atoms with Gasteiger partial charge in [0.2, 0.25) is 0 Å². The van der Waals surface area contributed by atoms with Gasteiger partial charge in [0.05, 0.1) is 40.7 Å². The highest BCUT2D eigenvalue weighted by atomic mass is 16.3. The molecule has 314 valence electrons. The van der Waals surface area contributed by atoms with Crippen molar-refractivity contribution < 1.29 is 4.42 Å². The number of benzene rings is 10. The summed E-state index contributed by atoms with van der Waals surface area (Å²) in [6.07, 6.45) is 0. The first-order valence-corrected chi connectivity index (χ1v) is 22.6. The Morgan fingerprint density at radius 1 is 0.279 bits per heavy atom. The van der Waals surface area contributed by atoms with Crippen LogP contribution < -0.4 is 0 Å². The summed E-state index contributed by atoms with van der Waals surface area (Å²) in [5.74, 6) is 0. The second kappa shape index (κ2) is 14.4. The van der Waals surface area contributed by atoms with Crippen molar-refractivity contribution in [2.24, 2.45) is 0 Å². The van der Waals surface area contributed by atoms with Crippen molar-refractivity contribution in [1.82, 2.24) is 13.7 Å². The van der Waals surface area contributed by atoms with Gasteiger partial charge in [0, 0.05) is 65.7 Å². The molecule has 0 N–H and O–H groups in total. The lowest BCUT2D eigenvalue weighted by molar-refractivity contribution is 0.669. The van der Waals surface area contributed by atoms with E-state index in [2.05, 4.69) is 181 Å². The van der Waals surface area contributed by atoms with Gasteiger partial charge in [-0.15, -0.1) is 0 Å². The van der Waals surface area contributed by atoms with E-state index in [1.54, 1.807) is 0 Å². The van der Waals surface area contributed by atoms with Crippen molar-refractivity contribution in [2.45, 2.75) is 0 Å². The summed E-state index contributed by atoms with van der Waals surface area (Å²) in [6.45, 7) is 16.2. The fourth-order valence-electron chi connectivity index (χ4n) is 10.8. The van der Waals surface area contributed by atoms with Crippen molar-refractivity contribution in [3.05, 3.63) is 235 Å². The van der Waals surface area contributed by atoms with Crippen molar-refractivity contribution in [3.8, 4) is 39.3 Å². The van der Waals surface area contributed by atoms with Crippen LogP contribution >= 0.6 is 0 Å². The Bertz CT molecular complexity index is 4490. The lowest BCUT2D eigenvalue weighted by Gasteiger charge is -2.16. The predicted molar refractivity (Wildman–Crippen MR) is 280 cm³/mol. The third-order valence-corrected chi connectivity index (χ3v) is 13.8. The summed E-state index contributed by atoms with van der Waals surface area (Å²) in [5.41, 5.74) is 16.2. The molecule has 0 aliphatic carbocycles. The monoisotopic (exact) mass is 865 g/mol. The maximum absolute atomic E-state index is 8.37. The Morgan fingerprint density at radius 2 is 0.765 bits per heavy atom. The molecule has 0 aliphatic rings. The molecule has 0 amide bonds. The molecule has 0 spiro atoms. The van der Waals surface area contributed by atoms with E-state index in [9.17, 15) is 0 Å². The molecule has 0 atom stereocenters. The van der Waals surface area contributed by atoms with Gasteiger partial charge in [0.25, 0.3) is 0 Å². The van der Waals surface area contributed by atoms with E-state index in [-0.39, 0.29) is 0 Å². The highest BCUT2D eigenvalue weighted by Crippen LogP contribution is 2.42. The Kier molecular flexibility index (Phi) is 8.01. The van der Waals surface area contributed by atoms with Crippen LogP contribution in [0.5, 0.6) is 0 Å². The third-order valence-electron chi connectivity index (χ3n) is 13.8. The van der Waals surface area contributed by atoms with E-state index in [4.69, 9.17) is 17.6 Å². The molecule has 0 fully saturated rings. The molecule has 0 radical (unpaired) electrons. The second-order valence-corrected chi connectivity index (χ2v) is 17.5.